The van der Waals surface area contributed by atoms with Gasteiger partial charge in [0.05, 0.1) is 6.04 Å². The standard InChI is InChI=1S/C19H27N5O/c1-12(2)17(18-23-22-16-5-3-4-10-24(16)18)21-19(25)20-11-15(13-6-7-13)14-8-9-14/h3-5,10,12-15,17H,6-9,11H2,1-2H3,(H2,20,21,25). The molecule has 0 saturated heterocycles. The predicted octanol–water partition coefficient (Wildman–Crippen LogP) is 3.16. The third-order valence-corrected chi connectivity index (χ3v) is 5.52. The van der Waals surface area contributed by atoms with E-state index in [1.54, 1.807) is 0 Å². The number of nitrogens with one attached hydrogen (secondary N) is 2. The average molecular weight is 341 g/mol. The van der Waals surface area contributed by atoms with Crippen molar-refractivity contribution in [3.05, 3.63) is 30.2 Å². The van der Waals surface area contributed by atoms with Gasteiger partial charge in [0, 0.05) is 12.7 Å². The maximum Gasteiger partial charge on any atom is 0.315 e. The van der Waals surface area contributed by atoms with E-state index in [0.29, 0.717) is 5.92 Å². The fourth-order valence-corrected chi connectivity index (χ4v) is 3.77. The van der Waals surface area contributed by atoms with Crippen LogP contribution in [0.4, 0.5) is 4.79 Å². The van der Waals surface area contributed by atoms with Gasteiger partial charge in [0.2, 0.25) is 0 Å². The van der Waals surface area contributed by atoms with Crippen LogP contribution in [-0.4, -0.2) is 27.2 Å². The molecule has 2 aromatic rings. The zero-order valence-corrected chi connectivity index (χ0v) is 15.0. The summed E-state index contributed by atoms with van der Waals surface area (Å²) in [6.45, 7) is 4.98. The highest BCUT2D eigenvalue weighted by Gasteiger charge is 2.41. The second-order valence-corrected chi connectivity index (χ2v) is 7.90. The van der Waals surface area contributed by atoms with Gasteiger partial charge >= 0.3 is 6.03 Å². The Labute approximate surface area is 148 Å². The maximum atomic E-state index is 12.5. The summed E-state index contributed by atoms with van der Waals surface area (Å²) in [6.07, 6.45) is 7.29. The van der Waals surface area contributed by atoms with Gasteiger partial charge in [0.25, 0.3) is 0 Å². The summed E-state index contributed by atoms with van der Waals surface area (Å²) in [5.74, 6) is 3.36. The Morgan fingerprint density at radius 2 is 1.92 bits per heavy atom. The van der Waals surface area contributed by atoms with Crippen LogP contribution < -0.4 is 10.6 Å². The lowest BCUT2D eigenvalue weighted by Crippen LogP contribution is -2.42. The third-order valence-electron chi connectivity index (χ3n) is 5.52. The van der Waals surface area contributed by atoms with Crippen molar-refractivity contribution in [2.24, 2.45) is 23.7 Å². The molecule has 2 N–H and O–H groups in total. The lowest BCUT2D eigenvalue weighted by atomic mass is 9.98. The van der Waals surface area contributed by atoms with Crippen molar-refractivity contribution in [1.82, 2.24) is 25.2 Å². The predicted molar refractivity (Wildman–Crippen MR) is 96.0 cm³/mol. The molecule has 2 saturated carbocycles. The Morgan fingerprint density at radius 1 is 1.20 bits per heavy atom. The molecule has 2 aliphatic carbocycles. The summed E-state index contributed by atoms with van der Waals surface area (Å²) >= 11 is 0. The zero-order chi connectivity index (χ0) is 17.4. The van der Waals surface area contributed by atoms with Crippen LogP contribution in [0.1, 0.15) is 51.4 Å². The largest absolute Gasteiger partial charge is 0.338 e. The van der Waals surface area contributed by atoms with Crippen LogP contribution in [0.2, 0.25) is 0 Å². The van der Waals surface area contributed by atoms with Gasteiger partial charge in [0.15, 0.2) is 11.5 Å². The molecule has 0 spiro atoms. The molecule has 1 atom stereocenters. The van der Waals surface area contributed by atoms with Crippen LogP contribution in [0.3, 0.4) is 0 Å². The smallest absolute Gasteiger partial charge is 0.315 e. The summed E-state index contributed by atoms with van der Waals surface area (Å²) in [4.78, 5) is 12.5. The molecule has 0 aromatic carbocycles. The molecule has 0 bridgehead atoms. The topological polar surface area (TPSA) is 71.3 Å². The van der Waals surface area contributed by atoms with Crippen molar-refractivity contribution in [2.45, 2.75) is 45.6 Å². The Balaban J connectivity index is 1.41. The molecule has 2 aliphatic rings. The molecule has 2 aromatic heterocycles. The molecule has 1 unspecified atom stereocenters. The minimum atomic E-state index is -0.169. The Hall–Kier alpha value is -2.11. The minimum Gasteiger partial charge on any atom is -0.338 e. The monoisotopic (exact) mass is 341 g/mol. The van der Waals surface area contributed by atoms with Crippen molar-refractivity contribution in [1.29, 1.82) is 0 Å². The van der Waals surface area contributed by atoms with E-state index in [9.17, 15) is 4.79 Å². The zero-order valence-electron chi connectivity index (χ0n) is 15.0. The van der Waals surface area contributed by atoms with E-state index in [0.717, 1.165) is 29.9 Å². The SMILES string of the molecule is CC(C)C(NC(=O)NCC(C1CC1)C1CC1)c1nnc2ccccn12. The number of rotatable bonds is 7. The molecule has 0 radical (unpaired) electrons. The number of carbonyl (C=O) groups is 1. The summed E-state index contributed by atoms with van der Waals surface area (Å²) in [5, 5.41) is 14.7. The third kappa shape index (κ3) is 3.62. The molecule has 4 rings (SSSR count). The normalized spacial score (nSPS) is 18.7. The van der Waals surface area contributed by atoms with Crippen LogP contribution in [0.25, 0.3) is 5.65 Å². The molecular weight excluding hydrogens is 314 g/mol. The van der Waals surface area contributed by atoms with Crippen LogP contribution in [0, 0.1) is 23.7 Å². The number of fused-ring (bicyclic) bond motifs is 1. The fourth-order valence-electron chi connectivity index (χ4n) is 3.77. The van der Waals surface area contributed by atoms with E-state index in [1.807, 2.05) is 28.8 Å². The number of hydrogen-bond donors (Lipinski definition) is 2. The van der Waals surface area contributed by atoms with E-state index < -0.39 is 0 Å². The molecule has 6 nitrogen and oxygen atoms in total. The number of urea groups is 1. The van der Waals surface area contributed by atoms with Crippen LogP contribution in [0.5, 0.6) is 0 Å². The Kier molecular flexibility index (Phi) is 4.36. The van der Waals surface area contributed by atoms with E-state index in [2.05, 4.69) is 34.7 Å². The quantitative estimate of drug-likeness (QED) is 0.812. The molecule has 2 heterocycles. The first-order chi connectivity index (χ1) is 12.1. The van der Waals surface area contributed by atoms with Crippen LogP contribution in [0.15, 0.2) is 24.4 Å². The van der Waals surface area contributed by atoms with Crippen molar-refractivity contribution < 1.29 is 4.79 Å². The van der Waals surface area contributed by atoms with Gasteiger partial charge in [-0.3, -0.25) is 4.40 Å². The molecule has 2 fully saturated rings. The Bertz CT molecular complexity index is 735. The van der Waals surface area contributed by atoms with Gasteiger partial charge < -0.3 is 10.6 Å². The van der Waals surface area contributed by atoms with Crippen molar-refractivity contribution in [2.75, 3.05) is 6.54 Å². The van der Waals surface area contributed by atoms with Gasteiger partial charge in [-0.05, 0) is 61.5 Å². The van der Waals surface area contributed by atoms with Crippen molar-refractivity contribution in [3.63, 3.8) is 0 Å². The van der Waals surface area contributed by atoms with Gasteiger partial charge in [-0.25, -0.2) is 4.79 Å². The highest BCUT2D eigenvalue weighted by molar-refractivity contribution is 5.74. The molecule has 6 heteroatoms. The van der Waals surface area contributed by atoms with E-state index in [1.165, 1.54) is 25.7 Å². The Morgan fingerprint density at radius 3 is 2.56 bits per heavy atom. The average Bonchev–Trinajstić information content (AvgIpc) is 3.52. The number of carbonyl (C=O) groups excluding carboxylic acids is 1. The highest BCUT2D eigenvalue weighted by atomic mass is 16.2. The number of aromatic nitrogens is 3. The van der Waals surface area contributed by atoms with Crippen molar-refractivity contribution >= 4 is 11.7 Å². The van der Waals surface area contributed by atoms with Gasteiger partial charge in [-0.2, -0.15) is 0 Å². The van der Waals surface area contributed by atoms with E-state index in [4.69, 9.17) is 0 Å². The van der Waals surface area contributed by atoms with E-state index in [-0.39, 0.29) is 18.0 Å². The minimum absolute atomic E-state index is 0.0994. The summed E-state index contributed by atoms with van der Waals surface area (Å²) in [6, 6.07) is 5.54. The molecule has 134 valence electrons. The molecule has 0 aliphatic heterocycles. The molecule has 25 heavy (non-hydrogen) atoms. The van der Waals surface area contributed by atoms with Crippen molar-refractivity contribution in [3.8, 4) is 0 Å². The first-order valence-electron chi connectivity index (χ1n) is 9.47. The lowest BCUT2D eigenvalue weighted by Gasteiger charge is -2.22. The van der Waals surface area contributed by atoms with Gasteiger partial charge in [-0.1, -0.05) is 19.9 Å². The van der Waals surface area contributed by atoms with Crippen LogP contribution >= 0.6 is 0 Å². The second-order valence-electron chi connectivity index (χ2n) is 7.90. The van der Waals surface area contributed by atoms with Gasteiger partial charge in [0.1, 0.15) is 0 Å². The maximum absolute atomic E-state index is 12.5. The van der Waals surface area contributed by atoms with Gasteiger partial charge in [-0.15, -0.1) is 10.2 Å². The van der Waals surface area contributed by atoms with Crippen LogP contribution in [-0.2, 0) is 0 Å². The highest BCUT2D eigenvalue weighted by Crippen LogP contribution is 2.48. The fraction of sp³-hybridized carbons (Fsp3) is 0.632. The summed E-state index contributed by atoms with van der Waals surface area (Å²) in [7, 11) is 0. The number of amides is 2. The summed E-state index contributed by atoms with van der Waals surface area (Å²) < 4.78 is 1.95. The van der Waals surface area contributed by atoms with E-state index >= 15 is 0 Å². The molecular formula is C19H27N5O. The number of nitrogens with zero attached hydrogens (tertiary/aromatic N) is 3. The summed E-state index contributed by atoms with van der Waals surface area (Å²) in [5.41, 5.74) is 0.799. The second kappa shape index (κ2) is 6.65. The lowest BCUT2D eigenvalue weighted by molar-refractivity contribution is 0.228. The molecule has 2 amide bonds. The number of hydrogen-bond acceptors (Lipinski definition) is 3. The number of pyridine rings is 1. The first-order valence-corrected chi connectivity index (χ1v) is 9.47. The first kappa shape index (κ1) is 16.4.